The van der Waals surface area contributed by atoms with Gasteiger partial charge in [-0.25, -0.2) is 0 Å². The number of hydrogen-bond donors (Lipinski definition) is 1. The molecule has 0 saturated heterocycles. The van der Waals surface area contributed by atoms with Gasteiger partial charge >= 0.3 is 0 Å². The summed E-state index contributed by atoms with van der Waals surface area (Å²) < 4.78 is 11.1. The molecule has 0 radical (unpaired) electrons. The first-order chi connectivity index (χ1) is 8.78. The summed E-state index contributed by atoms with van der Waals surface area (Å²) in [5.41, 5.74) is 0.766. The lowest BCUT2D eigenvalue weighted by atomic mass is 10.3. The molecular formula is C14H19NO3. The average molecular weight is 249 g/mol. The van der Waals surface area contributed by atoms with Crippen LogP contribution < -0.4 is 10.1 Å². The fourth-order valence-electron chi connectivity index (χ4n) is 1.52. The van der Waals surface area contributed by atoms with E-state index in [1.807, 2.05) is 31.2 Å². The Morgan fingerprint density at radius 2 is 2.22 bits per heavy atom. The number of rotatable bonds is 7. The zero-order valence-corrected chi connectivity index (χ0v) is 10.6. The molecule has 0 bridgehead atoms. The molecule has 0 aromatic heterocycles. The van der Waals surface area contributed by atoms with Crippen LogP contribution >= 0.6 is 0 Å². The Balaban J connectivity index is 1.76. The van der Waals surface area contributed by atoms with Crippen molar-refractivity contribution in [3.8, 4) is 5.75 Å². The summed E-state index contributed by atoms with van der Waals surface area (Å²) in [7, 11) is 0. The molecule has 98 valence electrons. The summed E-state index contributed by atoms with van der Waals surface area (Å²) in [5.74, 6) is 0.757. The summed E-state index contributed by atoms with van der Waals surface area (Å²) in [4.78, 5) is 11.3. The molecular weight excluding hydrogens is 230 g/mol. The quantitative estimate of drug-likeness (QED) is 0.755. The molecule has 1 fully saturated rings. The summed E-state index contributed by atoms with van der Waals surface area (Å²) >= 11 is 0. The predicted octanol–water partition coefficient (Wildman–Crippen LogP) is 2.59. The van der Waals surface area contributed by atoms with Crippen LogP contribution in [0.1, 0.15) is 26.2 Å². The van der Waals surface area contributed by atoms with Gasteiger partial charge in [-0.15, -0.1) is 0 Å². The van der Waals surface area contributed by atoms with E-state index in [9.17, 15) is 4.79 Å². The molecule has 4 nitrogen and oxygen atoms in total. The highest BCUT2D eigenvalue weighted by Gasteiger charge is 2.21. The highest BCUT2D eigenvalue weighted by molar-refractivity contribution is 5.90. The number of anilines is 1. The van der Waals surface area contributed by atoms with Crippen molar-refractivity contribution >= 4 is 11.6 Å². The first kappa shape index (κ1) is 12.9. The first-order valence-electron chi connectivity index (χ1n) is 6.42. The average Bonchev–Trinajstić information content (AvgIpc) is 3.19. The van der Waals surface area contributed by atoms with Gasteiger partial charge in [-0.3, -0.25) is 4.79 Å². The first-order valence-corrected chi connectivity index (χ1v) is 6.42. The van der Waals surface area contributed by atoms with Gasteiger partial charge in [-0.1, -0.05) is 13.0 Å². The van der Waals surface area contributed by atoms with Crippen LogP contribution in [0.15, 0.2) is 24.3 Å². The topological polar surface area (TPSA) is 47.6 Å². The molecule has 1 aliphatic carbocycles. The van der Waals surface area contributed by atoms with Gasteiger partial charge in [0, 0.05) is 18.2 Å². The molecule has 1 aliphatic rings. The van der Waals surface area contributed by atoms with E-state index in [2.05, 4.69) is 5.32 Å². The molecule has 0 aliphatic heterocycles. The Bertz CT molecular complexity index is 402. The smallest absolute Gasteiger partial charge is 0.224 e. The second-order valence-electron chi connectivity index (χ2n) is 4.35. The van der Waals surface area contributed by atoms with Gasteiger partial charge < -0.3 is 14.8 Å². The number of carbonyl (C=O) groups excluding carboxylic acids is 1. The second-order valence-corrected chi connectivity index (χ2v) is 4.35. The molecule has 0 unspecified atom stereocenters. The molecule has 0 heterocycles. The van der Waals surface area contributed by atoms with Gasteiger partial charge in [0.1, 0.15) is 12.4 Å². The van der Waals surface area contributed by atoms with E-state index in [4.69, 9.17) is 9.47 Å². The molecule has 4 heteroatoms. The van der Waals surface area contributed by atoms with Crippen molar-refractivity contribution in [1.82, 2.24) is 0 Å². The van der Waals surface area contributed by atoms with Crippen molar-refractivity contribution in [2.75, 3.05) is 18.5 Å². The van der Waals surface area contributed by atoms with Crippen LogP contribution in [-0.2, 0) is 9.53 Å². The number of nitrogens with one attached hydrogen (secondary N) is 1. The third kappa shape index (κ3) is 4.37. The third-order valence-corrected chi connectivity index (χ3v) is 2.67. The van der Waals surface area contributed by atoms with Crippen LogP contribution in [0.3, 0.4) is 0 Å². The molecule has 0 spiro atoms. The van der Waals surface area contributed by atoms with Gasteiger partial charge in [0.15, 0.2) is 0 Å². The van der Waals surface area contributed by atoms with Gasteiger partial charge in [-0.2, -0.15) is 0 Å². The maximum atomic E-state index is 11.3. The number of hydrogen-bond acceptors (Lipinski definition) is 3. The molecule has 1 N–H and O–H groups in total. The van der Waals surface area contributed by atoms with Crippen molar-refractivity contribution in [1.29, 1.82) is 0 Å². The Hall–Kier alpha value is -1.55. The van der Waals surface area contributed by atoms with Crippen LogP contribution in [0.5, 0.6) is 5.75 Å². The monoisotopic (exact) mass is 249 g/mol. The van der Waals surface area contributed by atoms with E-state index in [0.717, 1.165) is 11.4 Å². The van der Waals surface area contributed by atoms with Crippen LogP contribution in [0, 0.1) is 0 Å². The van der Waals surface area contributed by atoms with Crippen molar-refractivity contribution < 1.29 is 14.3 Å². The van der Waals surface area contributed by atoms with Crippen molar-refractivity contribution in [3.63, 3.8) is 0 Å². The normalized spacial score (nSPS) is 14.3. The van der Waals surface area contributed by atoms with E-state index in [1.165, 1.54) is 12.8 Å². The highest BCUT2D eigenvalue weighted by Crippen LogP contribution is 2.23. The van der Waals surface area contributed by atoms with E-state index in [0.29, 0.717) is 25.7 Å². The van der Waals surface area contributed by atoms with E-state index >= 15 is 0 Å². The van der Waals surface area contributed by atoms with E-state index in [1.54, 1.807) is 0 Å². The van der Waals surface area contributed by atoms with Crippen LogP contribution in [0.4, 0.5) is 5.69 Å². The minimum atomic E-state index is 0.00390. The number of benzene rings is 1. The van der Waals surface area contributed by atoms with E-state index < -0.39 is 0 Å². The summed E-state index contributed by atoms with van der Waals surface area (Å²) in [6, 6.07) is 7.41. The van der Waals surface area contributed by atoms with Gasteiger partial charge in [0.05, 0.1) is 12.7 Å². The van der Waals surface area contributed by atoms with Gasteiger partial charge in [-0.05, 0) is 25.0 Å². The lowest BCUT2D eigenvalue weighted by Gasteiger charge is -2.09. The molecule has 2 rings (SSSR count). The highest BCUT2D eigenvalue weighted by atomic mass is 16.5. The fourth-order valence-corrected chi connectivity index (χ4v) is 1.52. The maximum Gasteiger partial charge on any atom is 0.224 e. The largest absolute Gasteiger partial charge is 0.491 e. The number of carbonyl (C=O) groups is 1. The summed E-state index contributed by atoms with van der Waals surface area (Å²) in [5, 5.41) is 2.80. The zero-order valence-electron chi connectivity index (χ0n) is 10.6. The maximum absolute atomic E-state index is 11.3. The lowest BCUT2D eigenvalue weighted by Crippen LogP contribution is -2.10. The lowest BCUT2D eigenvalue weighted by molar-refractivity contribution is -0.115. The Kier molecular flexibility index (Phi) is 4.59. The molecule has 1 amide bonds. The third-order valence-electron chi connectivity index (χ3n) is 2.67. The fraction of sp³-hybridized carbons (Fsp3) is 0.500. The minimum absolute atomic E-state index is 0.00390. The zero-order chi connectivity index (χ0) is 12.8. The standard InChI is InChI=1S/C14H19NO3/c1-2-14(16)15-11-4-3-5-13(10-11)18-9-8-17-12-6-7-12/h3-5,10,12H,2,6-9H2,1H3,(H,15,16). The Morgan fingerprint density at radius 1 is 1.39 bits per heavy atom. The minimum Gasteiger partial charge on any atom is -0.491 e. The summed E-state index contributed by atoms with van der Waals surface area (Å²) in [6.45, 7) is 2.99. The van der Waals surface area contributed by atoms with Crippen LogP contribution in [0.25, 0.3) is 0 Å². The molecule has 0 atom stereocenters. The molecule has 18 heavy (non-hydrogen) atoms. The summed E-state index contributed by atoms with van der Waals surface area (Å²) in [6.07, 6.45) is 3.29. The SMILES string of the molecule is CCC(=O)Nc1cccc(OCCOC2CC2)c1. The van der Waals surface area contributed by atoms with Crippen LogP contribution in [-0.4, -0.2) is 25.2 Å². The number of ether oxygens (including phenoxy) is 2. The molecule has 1 saturated carbocycles. The molecule has 1 aromatic carbocycles. The van der Waals surface area contributed by atoms with Gasteiger partial charge in [0.2, 0.25) is 5.91 Å². The predicted molar refractivity (Wildman–Crippen MR) is 69.8 cm³/mol. The number of amides is 1. The second kappa shape index (κ2) is 6.40. The molecule has 1 aromatic rings. The Labute approximate surface area is 107 Å². The van der Waals surface area contributed by atoms with Crippen molar-refractivity contribution in [3.05, 3.63) is 24.3 Å². The van der Waals surface area contributed by atoms with Crippen LogP contribution in [0.2, 0.25) is 0 Å². The van der Waals surface area contributed by atoms with E-state index in [-0.39, 0.29) is 5.91 Å². The van der Waals surface area contributed by atoms with Crippen molar-refractivity contribution in [2.45, 2.75) is 32.3 Å². The van der Waals surface area contributed by atoms with Gasteiger partial charge in [0.25, 0.3) is 0 Å². The Morgan fingerprint density at radius 3 is 2.94 bits per heavy atom. The van der Waals surface area contributed by atoms with Crippen molar-refractivity contribution in [2.24, 2.45) is 0 Å².